The van der Waals surface area contributed by atoms with Crippen molar-refractivity contribution >= 4 is 5.82 Å². The molecule has 2 rings (SSSR count). The van der Waals surface area contributed by atoms with Gasteiger partial charge in [0.25, 0.3) is 0 Å². The van der Waals surface area contributed by atoms with E-state index in [-0.39, 0.29) is 0 Å². The Bertz CT molecular complexity index is 574. The number of nitrogens with one attached hydrogen (secondary N) is 1. The highest BCUT2D eigenvalue weighted by Crippen LogP contribution is 2.12. The number of hydrogen-bond donors (Lipinski definition) is 1. The van der Waals surface area contributed by atoms with Gasteiger partial charge in [0.05, 0.1) is 24.0 Å². The molecular weight excluding hydrogens is 226 g/mol. The maximum absolute atomic E-state index is 8.94. The second kappa shape index (κ2) is 5.73. The van der Waals surface area contributed by atoms with E-state index in [0.29, 0.717) is 17.9 Å². The zero-order chi connectivity index (χ0) is 12.8. The van der Waals surface area contributed by atoms with Crippen LogP contribution in [-0.4, -0.2) is 15.2 Å². The van der Waals surface area contributed by atoms with Crippen LogP contribution in [-0.2, 0) is 13.0 Å². The lowest BCUT2D eigenvalue weighted by Crippen LogP contribution is -2.07. The SMILES string of the molecule is CCc1cccnc1CNc1nnccc1C#N. The Kier molecular flexibility index (Phi) is 3.82. The van der Waals surface area contributed by atoms with Gasteiger partial charge in [0.2, 0.25) is 0 Å². The number of aromatic nitrogens is 3. The molecule has 0 bridgehead atoms. The van der Waals surface area contributed by atoms with Gasteiger partial charge in [-0.15, -0.1) is 5.10 Å². The van der Waals surface area contributed by atoms with Crippen molar-refractivity contribution in [1.29, 1.82) is 5.26 Å². The molecule has 0 spiro atoms. The van der Waals surface area contributed by atoms with Crippen LogP contribution >= 0.6 is 0 Å². The molecule has 0 saturated heterocycles. The maximum atomic E-state index is 8.94. The van der Waals surface area contributed by atoms with E-state index in [0.717, 1.165) is 12.1 Å². The number of nitriles is 1. The molecule has 0 amide bonds. The predicted octanol–water partition coefficient (Wildman–Crippen LogP) is 1.92. The molecule has 0 unspecified atom stereocenters. The van der Waals surface area contributed by atoms with Crippen molar-refractivity contribution in [2.24, 2.45) is 0 Å². The van der Waals surface area contributed by atoms with E-state index in [1.54, 1.807) is 12.3 Å². The Hall–Kier alpha value is -2.48. The van der Waals surface area contributed by atoms with Gasteiger partial charge in [0.15, 0.2) is 5.82 Å². The van der Waals surface area contributed by atoms with Crippen molar-refractivity contribution in [1.82, 2.24) is 15.2 Å². The standard InChI is InChI=1S/C13H13N5/c1-2-10-4-3-6-15-12(10)9-16-13-11(8-14)5-7-17-18-13/h3-7H,2,9H2,1H3,(H,16,18). The van der Waals surface area contributed by atoms with E-state index >= 15 is 0 Å². The fraction of sp³-hybridized carbons (Fsp3) is 0.231. The second-order valence-electron chi connectivity index (χ2n) is 3.72. The lowest BCUT2D eigenvalue weighted by Gasteiger charge is -2.08. The third kappa shape index (κ3) is 2.61. The Morgan fingerprint density at radius 1 is 1.33 bits per heavy atom. The minimum atomic E-state index is 0.485. The van der Waals surface area contributed by atoms with E-state index in [1.807, 2.05) is 12.1 Å². The molecule has 0 aliphatic carbocycles. The van der Waals surface area contributed by atoms with Gasteiger partial charge in [0, 0.05) is 6.20 Å². The number of nitrogens with zero attached hydrogens (tertiary/aromatic N) is 4. The molecule has 0 radical (unpaired) electrons. The van der Waals surface area contributed by atoms with Gasteiger partial charge in [-0.05, 0) is 24.1 Å². The summed E-state index contributed by atoms with van der Waals surface area (Å²) in [7, 11) is 0. The lowest BCUT2D eigenvalue weighted by molar-refractivity contribution is 0.942. The van der Waals surface area contributed by atoms with Gasteiger partial charge in [0.1, 0.15) is 6.07 Å². The molecule has 90 valence electrons. The van der Waals surface area contributed by atoms with Crippen LogP contribution in [0.4, 0.5) is 5.82 Å². The monoisotopic (exact) mass is 239 g/mol. The molecule has 18 heavy (non-hydrogen) atoms. The average Bonchev–Trinajstić information content (AvgIpc) is 2.45. The maximum Gasteiger partial charge on any atom is 0.166 e. The molecule has 2 aromatic heterocycles. The molecule has 0 aromatic carbocycles. The molecular formula is C13H13N5. The third-order valence-electron chi connectivity index (χ3n) is 2.63. The fourth-order valence-electron chi connectivity index (χ4n) is 1.67. The van der Waals surface area contributed by atoms with Crippen molar-refractivity contribution in [2.45, 2.75) is 19.9 Å². The number of pyridine rings is 1. The Morgan fingerprint density at radius 3 is 3.00 bits per heavy atom. The summed E-state index contributed by atoms with van der Waals surface area (Å²) < 4.78 is 0. The number of hydrogen-bond acceptors (Lipinski definition) is 5. The normalized spacial score (nSPS) is 9.78. The van der Waals surface area contributed by atoms with E-state index < -0.39 is 0 Å². The van der Waals surface area contributed by atoms with Crippen molar-refractivity contribution in [3.8, 4) is 6.07 Å². The third-order valence-corrected chi connectivity index (χ3v) is 2.63. The van der Waals surface area contributed by atoms with Crippen molar-refractivity contribution in [3.05, 3.63) is 47.4 Å². The van der Waals surface area contributed by atoms with Crippen molar-refractivity contribution < 1.29 is 0 Å². The van der Waals surface area contributed by atoms with Crippen molar-refractivity contribution in [3.63, 3.8) is 0 Å². The Balaban J connectivity index is 2.14. The van der Waals surface area contributed by atoms with E-state index in [4.69, 9.17) is 5.26 Å². The molecule has 0 fully saturated rings. The molecule has 1 N–H and O–H groups in total. The van der Waals surface area contributed by atoms with Crippen LogP contribution in [0.5, 0.6) is 0 Å². The first-order valence-corrected chi connectivity index (χ1v) is 5.73. The minimum absolute atomic E-state index is 0.485. The summed E-state index contributed by atoms with van der Waals surface area (Å²) in [6.45, 7) is 2.63. The van der Waals surface area contributed by atoms with Crippen LogP contribution in [0.1, 0.15) is 23.7 Å². The zero-order valence-electron chi connectivity index (χ0n) is 10.1. The Morgan fingerprint density at radius 2 is 2.22 bits per heavy atom. The van der Waals surface area contributed by atoms with Crippen molar-refractivity contribution in [2.75, 3.05) is 5.32 Å². The van der Waals surface area contributed by atoms with E-state index in [1.165, 1.54) is 11.8 Å². The highest BCUT2D eigenvalue weighted by Gasteiger charge is 2.05. The highest BCUT2D eigenvalue weighted by molar-refractivity contribution is 5.50. The van der Waals surface area contributed by atoms with Gasteiger partial charge >= 0.3 is 0 Å². The second-order valence-corrected chi connectivity index (χ2v) is 3.72. The summed E-state index contributed by atoms with van der Waals surface area (Å²) in [5.41, 5.74) is 2.64. The van der Waals surface area contributed by atoms with Gasteiger partial charge in [-0.3, -0.25) is 4.98 Å². The van der Waals surface area contributed by atoms with Crippen LogP contribution in [0.25, 0.3) is 0 Å². The zero-order valence-corrected chi connectivity index (χ0v) is 10.1. The molecule has 2 aromatic rings. The summed E-state index contributed by atoms with van der Waals surface area (Å²) >= 11 is 0. The molecule has 0 saturated carbocycles. The minimum Gasteiger partial charge on any atom is -0.362 e. The topological polar surface area (TPSA) is 74.5 Å². The number of rotatable bonds is 4. The first-order valence-electron chi connectivity index (χ1n) is 5.73. The molecule has 0 atom stereocenters. The summed E-state index contributed by atoms with van der Waals surface area (Å²) in [5.74, 6) is 0.493. The van der Waals surface area contributed by atoms with Gasteiger partial charge in [-0.2, -0.15) is 10.4 Å². The summed E-state index contributed by atoms with van der Waals surface area (Å²) in [4.78, 5) is 4.33. The average molecular weight is 239 g/mol. The first kappa shape index (κ1) is 12.0. The summed E-state index contributed by atoms with van der Waals surface area (Å²) in [6, 6.07) is 7.68. The quantitative estimate of drug-likeness (QED) is 0.882. The summed E-state index contributed by atoms with van der Waals surface area (Å²) in [6.07, 6.45) is 4.19. The first-order chi connectivity index (χ1) is 8.85. The lowest BCUT2D eigenvalue weighted by atomic mass is 10.1. The van der Waals surface area contributed by atoms with Crippen LogP contribution in [0.2, 0.25) is 0 Å². The van der Waals surface area contributed by atoms with Crippen LogP contribution in [0.3, 0.4) is 0 Å². The van der Waals surface area contributed by atoms with Gasteiger partial charge < -0.3 is 5.32 Å². The Labute approximate surface area is 106 Å². The van der Waals surface area contributed by atoms with Crippen LogP contribution in [0.15, 0.2) is 30.6 Å². The predicted molar refractivity (Wildman–Crippen MR) is 67.7 cm³/mol. The molecule has 2 heterocycles. The molecule has 5 heteroatoms. The summed E-state index contributed by atoms with van der Waals surface area (Å²) in [5, 5.41) is 19.7. The van der Waals surface area contributed by atoms with Gasteiger partial charge in [-0.25, -0.2) is 0 Å². The number of anilines is 1. The molecule has 5 nitrogen and oxygen atoms in total. The molecule has 0 aliphatic rings. The smallest absolute Gasteiger partial charge is 0.166 e. The van der Waals surface area contributed by atoms with Gasteiger partial charge in [-0.1, -0.05) is 13.0 Å². The fourth-order valence-corrected chi connectivity index (χ4v) is 1.67. The largest absolute Gasteiger partial charge is 0.362 e. The van der Waals surface area contributed by atoms with E-state index in [2.05, 4.69) is 33.5 Å². The highest BCUT2D eigenvalue weighted by atomic mass is 15.2. The van der Waals surface area contributed by atoms with Crippen LogP contribution in [0, 0.1) is 11.3 Å². The van der Waals surface area contributed by atoms with E-state index in [9.17, 15) is 0 Å². The molecule has 0 aliphatic heterocycles. The van der Waals surface area contributed by atoms with Crippen LogP contribution < -0.4 is 5.32 Å². The number of aryl methyl sites for hydroxylation is 1.